The van der Waals surface area contributed by atoms with Crippen molar-refractivity contribution < 1.29 is 13.9 Å². The third-order valence-corrected chi connectivity index (χ3v) is 4.48. The van der Waals surface area contributed by atoms with Gasteiger partial charge in [-0.25, -0.2) is 9.37 Å². The van der Waals surface area contributed by atoms with Gasteiger partial charge < -0.3 is 10.1 Å². The Morgan fingerprint density at radius 3 is 2.40 bits per heavy atom. The molecule has 2 heterocycles. The lowest BCUT2D eigenvalue weighted by atomic mass is 10.1. The van der Waals surface area contributed by atoms with Crippen molar-refractivity contribution in [2.24, 2.45) is 0 Å². The molecule has 0 aliphatic carbocycles. The number of nitrogens with zero attached hydrogens (tertiary/aromatic N) is 3. The van der Waals surface area contributed by atoms with Gasteiger partial charge in [0.15, 0.2) is 0 Å². The predicted octanol–water partition coefficient (Wildman–Crippen LogP) is 5.02. The van der Waals surface area contributed by atoms with Gasteiger partial charge in [-0.2, -0.15) is 5.10 Å². The van der Waals surface area contributed by atoms with E-state index in [1.165, 1.54) is 24.3 Å². The predicted molar refractivity (Wildman–Crippen MR) is 113 cm³/mol. The molecule has 0 saturated carbocycles. The Kier molecular flexibility index (Phi) is 6.20. The molecule has 3 rings (SSSR count). The van der Waals surface area contributed by atoms with E-state index in [1.807, 2.05) is 16.8 Å². The smallest absolute Gasteiger partial charge is 0.272 e. The number of nitrogens with one attached hydrogen (secondary N) is 1. The van der Waals surface area contributed by atoms with Crippen molar-refractivity contribution in [1.29, 1.82) is 0 Å². The first-order chi connectivity index (χ1) is 14.1. The number of pyridine rings is 1. The van der Waals surface area contributed by atoms with Gasteiger partial charge in [0, 0.05) is 24.5 Å². The van der Waals surface area contributed by atoms with E-state index in [1.54, 1.807) is 12.3 Å². The second-order valence-corrected chi connectivity index (χ2v) is 8.44. The van der Waals surface area contributed by atoms with Gasteiger partial charge in [0.1, 0.15) is 17.3 Å². The maximum absolute atomic E-state index is 13.0. The minimum atomic E-state index is -0.325. The number of hydrogen-bond donors (Lipinski definition) is 1. The lowest BCUT2D eigenvalue weighted by Gasteiger charge is -2.23. The molecule has 7 heteroatoms. The molecule has 0 spiro atoms. The summed E-state index contributed by atoms with van der Waals surface area (Å²) in [6, 6.07) is 11.1. The lowest BCUT2D eigenvalue weighted by Crippen LogP contribution is -2.27. The van der Waals surface area contributed by atoms with Gasteiger partial charge in [-0.15, -0.1) is 0 Å². The number of carbonyl (C=O) groups excluding carboxylic acids is 1. The molecule has 0 saturated heterocycles. The van der Waals surface area contributed by atoms with E-state index in [2.05, 4.69) is 50.0 Å². The molecule has 30 heavy (non-hydrogen) atoms. The summed E-state index contributed by atoms with van der Waals surface area (Å²) in [6.45, 7) is 10.7. The fourth-order valence-electron chi connectivity index (χ4n) is 2.93. The molecule has 1 aromatic carbocycles. The highest BCUT2D eigenvalue weighted by molar-refractivity contribution is 5.92. The van der Waals surface area contributed by atoms with E-state index >= 15 is 0 Å². The van der Waals surface area contributed by atoms with Gasteiger partial charge in [0.2, 0.25) is 5.88 Å². The van der Waals surface area contributed by atoms with E-state index < -0.39 is 0 Å². The van der Waals surface area contributed by atoms with Crippen LogP contribution in [0.1, 0.15) is 62.3 Å². The first-order valence-electron chi connectivity index (χ1n) is 9.90. The van der Waals surface area contributed by atoms with Crippen molar-refractivity contribution in [2.45, 2.75) is 52.6 Å². The monoisotopic (exact) mass is 410 g/mol. The number of halogens is 1. The maximum atomic E-state index is 13.0. The van der Waals surface area contributed by atoms with E-state index in [-0.39, 0.29) is 23.2 Å². The highest BCUT2D eigenvalue weighted by atomic mass is 19.1. The molecule has 1 N–H and O–H groups in total. The van der Waals surface area contributed by atoms with Crippen molar-refractivity contribution >= 4 is 5.91 Å². The largest absolute Gasteiger partial charge is 0.439 e. The Hall–Kier alpha value is -3.22. The zero-order chi connectivity index (χ0) is 21.9. The van der Waals surface area contributed by atoms with Crippen LogP contribution in [0.4, 0.5) is 4.39 Å². The van der Waals surface area contributed by atoms with E-state index in [0.29, 0.717) is 23.9 Å². The summed E-state index contributed by atoms with van der Waals surface area (Å²) in [6.07, 6.45) is 1.63. The van der Waals surface area contributed by atoms with Crippen LogP contribution in [0.15, 0.2) is 48.7 Å². The number of amides is 1. The van der Waals surface area contributed by atoms with Crippen LogP contribution in [-0.2, 0) is 12.1 Å². The Morgan fingerprint density at radius 2 is 1.87 bits per heavy atom. The number of aromatic nitrogens is 3. The number of benzene rings is 1. The fraction of sp³-hybridized carbons (Fsp3) is 0.348. The molecule has 2 aromatic heterocycles. The summed E-state index contributed by atoms with van der Waals surface area (Å²) in [4.78, 5) is 16.8. The van der Waals surface area contributed by atoms with Crippen LogP contribution in [0, 0.1) is 5.82 Å². The van der Waals surface area contributed by atoms with Gasteiger partial charge in [-0.05, 0) is 62.6 Å². The van der Waals surface area contributed by atoms with Crippen molar-refractivity contribution in [3.63, 3.8) is 0 Å². The number of hydrogen-bond acceptors (Lipinski definition) is 4. The standard InChI is InChI=1S/C23H27FN4O2/c1-15(2)20-12-19(27-28(20)23(3,4)5)22(29)26-14-16-6-11-21(25-13-16)30-18-9-7-17(24)8-10-18/h6-13,15H,14H2,1-5H3,(H,26,29). The molecule has 0 bridgehead atoms. The van der Waals surface area contributed by atoms with Gasteiger partial charge in [0.05, 0.1) is 5.54 Å². The Labute approximate surface area is 176 Å². The van der Waals surface area contributed by atoms with E-state index in [0.717, 1.165) is 11.3 Å². The topological polar surface area (TPSA) is 69.0 Å². The van der Waals surface area contributed by atoms with Crippen LogP contribution in [0.2, 0.25) is 0 Å². The first kappa shape index (κ1) is 21.5. The summed E-state index contributed by atoms with van der Waals surface area (Å²) in [5, 5.41) is 7.41. The zero-order valence-corrected chi connectivity index (χ0v) is 17.9. The molecule has 158 valence electrons. The van der Waals surface area contributed by atoms with Crippen LogP contribution in [-0.4, -0.2) is 20.7 Å². The molecule has 0 aliphatic rings. The summed E-state index contributed by atoms with van der Waals surface area (Å²) >= 11 is 0. The molecule has 0 atom stereocenters. The van der Waals surface area contributed by atoms with Crippen LogP contribution in [0.3, 0.4) is 0 Å². The SMILES string of the molecule is CC(C)c1cc(C(=O)NCc2ccc(Oc3ccc(F)cc3)nc2)nn1C(C)(C)C. The zero-order valence-electron chi connectivity index (χ0n) is 17.9. The summed E-state index contributed by atoms with van der Waals surface area (Å²) < 4.78 is 20.4. The van der Waals surface area contributed by atoms with Gasteiger partial charge in [-0.3, -0.25) is 9.48 Å². The second kappa shape index (κ2) is 8.65. The minimum Gasteiger partial charge on any atom is -0.439 e. The molecule has 3 aromatic rings. The van der Waals surface area contributed by atoms with Crippen molar-refractivity contribution in [3.8, 4) is 11.6 Å². The lowest BCUT2D eigenvalue weighted by molar-refractivity contribution is 0.0944. The van der Waals surface area contributed by atoms with Crippen molar-refractivity contribution in [1.82, 2.24) is 20.1 Å². The first-order valence-corrected chi connectivity index (χ1v) is 9.90. The average Bonchev–Trinajstić information content (AvgIpc) is 3.15. The molecule has 1 amide bonds. The molecule has 0 aliphatic heterocycles. The fourth-order valence-corrected chi connectivity index (χ4v) is 2.93. The van der Waals surface area contributed by atoms with Crippen LogP contribution in [0.5, 0.6) is 11.6 Å². The summed E-state index contributed by atoms with van der Waals surface area (Å²) in [5.74, 6) is 0.597. The molecule has 0 fully saturated rings. The Bertz CT molecular complexity index is 1000. The summed E-state index contributed by atoms with van der Waals surface area (Å²) in [7, 11) is 0. The normalized spacial score (nSPS) is 11.6. The highest BCUT2D eigenvalue weighted by Gasteiger charge is 2.23. The van der Waals surface area contributed by atoms with Crippen molar-refractivity contribution in [2.75, 3.05) is 0 Å². The van der Waals surface area contributed by atoms with E-state index in [9.17, 15) is 9.18 Å². The highest BCUT2D eigenvalue weighted by Crippen LogP contribution is 2.24. The van der Waals surface area contributed by atoms with Gasteiger partial charge in [0.25, 0.3) is 5.91 Å². The second-order valence-electron chi connectivity index (χ2n) is 8.44. The Balaban J connectivity index is 1.63. The van der Waals surface area contributed by atoms with E-state index in [4.69, 9.17) is 4.74 Å². The van der Waals surface area contributed by atoms with Gasteiger partial charge in [-0.1, -0.05) is 19.9 Å². The minimum absolute atomic E-state index is 0.206. The average molecular weight is 410 g/mol. The van der Waals surface area contributed by atoms with Crippen LogP contribution in [0.25, 0.3) is 0 Å². The summed E-state index contributed by atoms with van der Waals surface area (Å²) in [5.41, 5.74) is 2.05. The molecular weight excluding hydrogens is 383 g/mol. The number of carbonyl (C=O) groups is 1. The van der Waals surface area contributed by atoms with Crippen molar-refractivity contribution in [3.05, 3.63) is 71.4 Å². The van der Waals surface area contributed by atoms with Gasteiger partial charge >= 0.3 is 0 Å². The maximum Gasteiger partial charge on any atom is 0.272 e. The van der Waals surface area contributed by atoms with Crippen LogP contribution >= 0.6 is 0 Å². The Morgan fingerprint density at radius 1 is 1.17 bits per heavy atom. The third-order valence-electron chi connectivity index (χ3n) is 4.48. The number of ether oxygens (including phenoxy) is 1. The molecular formula is C23H27FN4O2. The quantitative estimate of drug-likeness (QED) is 0.620. The molecule has 6 nitrogen and oxygen atoms in total. The molecule has 0 radical (unpaired) electrons. The molecule has 0 unspecified atom stereocenters. The van der Waals surface area contributed by atoms with Crippen LogP contribution < -0.4 is 10.1 Å². The number of rotatable bonds is 6. The third kappa shape index (κ3) is 5.23.